The lowest BCUT2D eigenvalue weighted by atomic mass is 9.90. The molecular formula is C23H24NOSSi+. The molecule has 2 aromatic carbocycles. The number of thiophene rings is 1. The van der Waals surface area contributed by atoms with E-state index in [1.165, 1.54) is 48.6 Å². The molecule has 0 saturated heterocycles. The molecule has 5 rings (SSSR count). The van der Waals surface area contributed by atoms with E-state index >= 15 is 0 Å². The van der Waals surface area contributed by atoms with E-state index in [0.717, 1.165) is 11.5 Å². The van der Waals surface area contributed by atoms with E-state index in [1.807, 2.05) is 11.3 Å². The Balaban J connectivity index is 2.07. The molecule has 2 aromatic heterocycles. The van der Waals surface area contributed by atoms with Crippen LogP contribution < -0.4 is 14.5 Å². The quantitative estimate of drug-likeness (QED) is 0.260. The molecule has 0 radical (unpaired) electrons. The number of hydrogen-bond acceptors (Lipinski definition) is 2. The standard InChI is InChI=1S/C23H24NOSSi/c1-13-12-15-8-7-9-17-19(15)18(14(13)2)20-21(25-17)23(27(4,5)6)22-16(24(20)3)10-11-26-22/h7-12H,1-6H3/q+1. The van der Waals surface area contributed by atoms with Gasteiger partial charge in [-0.1, -0.05) is 37.8 Å². The van der Waals surface area contributed by atoms with Crippen LogP contribution in [0.2, 0.25) is 19.6 Å². The van der Waals surface area contributed by atoms with E-state index in [4.69, 9.17) is 4.74 Å². The first kappa shape index (κ1) is 17.0. The van der Waals surface area contributed by atoms with Gasteiger partial charge in [-0.15, -0.1) is 11.3 Å². The fraction of sp³-hybridized carbons (Fsp3) is 0.261. The number of benzene rings is 2. The van der Waals surface area contributed by atoms with Crippen molar-refractivity contribution in [1.82, 2.24) is 0 Å². The van der Waals surface area contributed by atoms with Crippen molar-refractivity contribution in [1.29, 1.82) is 0 Å². The normalized spacial score (nSPS) is 13.1. The molecule has 0 aliphatic carbocycles. The first-order valence-electron chi connectivity index (χ1n) is 9.44. The van der Waals surface area contributed by atoms with Crippen LogP contribution in [-0.2, 0) is 7.05 Å². The van der Waals surface area contributed by atoms with E-state index in [0.29, 0.717) is 0 Å². The molecule has 0 saturated carbocycles. The predicted octanol–water partition coefficient (Wildman–Crippen LogP) is 5.81. The van der Waals surface area contributed by atoms with Crippen LogP contribution in [0.5, 0.6) is 11.5 Å². The van der Waals surface area contributed by atoms with Crippen LogP contribution in [0.4, 0.5) is 0 Å². The van der Waals surface area contributed by atoms with Crippen molar-refractivity contribution in [3.05, 3.63) is 46.8 Å². The minimum Gasteiger partial charge on any atom is -0.450 e. The maximum atomic E-state index is 6.68. The first-order valence-corrected chi connectivity index (χ1v) is 13.8. The second-order valence-electron chi connectivity index (χ2n) is 8.65. The van der Waals surface area contributed by atoms with Crippen molar-refractivity contribution in [2.75, 3.05) is 0 Å². The highest BCUT2D eigenvalue weighted by atomic mass is 32.1. The molecule has 1 aliphatic heterocycles. The molecular weight excluding hydrogens is 366 g/mol. The highest BCUT2D eigenvalue weighted by molar-refractivity contribution is 7.19. The Kier molecular flexibility index (Phi) is 3.41. The highest BCUT2D eigenvalue weighted by Crippen LogP contribution is 2.48. The number of nitrogens with zero attached hydrogens (tertiary/aromatic N) is 1. The molecule has 0 amide bonds. The summed E-state index contributed by atoms with van der Waals surface area (Å²) in [6, 6.07) is 11.0. The fourth-order valence-electron chi connectivity index (χ4n) is 4.46. The molecule has 4 heteroatoms. The molecule has 0 unspecified atom stereocenters. The Morgan fingerprint density at radius 2 is 1.85 bits per heavy atom. The van der Waals surface area contributed by atoms with Crippen LogP contribution in [0.25, 0.3) is 32.2 Å². The number of aromatic nitrogens is 1. The van der Waals surface area contributed by atoms with Crippen molar-refractivity contribution >= 4 is 45.6 Å². The number of hydrogen-bond donors (Lipinski definition) is 0. The zero-order valence-corrected chi connectivity index (χ0v) is 18.5. The topological polar surface area (TPSA) is 13.1 Å². The molecule has 4 aromatic rings. The SMILES string of the molecule is Cc1cc2cccc3c2c(c1C)-c1c(c([Si](C)(C)C)c2sccc2[n+]1C)O3. The summed E-state index contributed by atoms with van der Waals surface area (Å²) in [7, 11) is 0.560. The smallest absolute Gasteiger partial charge is 0.256 e. The van der Waals surface area contributed by atoms with Gasteiger partial charge in [0.2, 0.25) is 5.52 Å². The van der Waals surface area contributed by atoms with Crippen molar-refractivity contribution in [2.45, 2.75) is 33.5 Å². The second kappa shape index (κ2) is 5.43. The van der Waals surface area contributed by atoms with Crippen molar-refractivity contribution < 1.29 is 9.30 Å². The molecule has 0 bridgehead atoms. The average molecular weight is 391 g/mol. The molecule has 27 heavy (non-hydrogen) atoms. The summed E-state index contributed by atoms with van der Waals surface area (Å²) in [5.41, 5.74) is 6.59. The van der Waals surface area contributed by atoms with Crippen molar-refractivity contribution in [2.24, 2.45) is 7.05 Å². The minimum absolute atomic E-state index is 0.994. The third-order valence-corrected chi connectivity index (χ3v) is 8.94. The highest BCUT2D eigenvalue weighted by Gasteiger charge is 2.38. The molecule has 0 fully saturated rings. The van der Waals surface area contributed by atoms with Crippen LogP contribution in [0.15, 0.2) is 35.7 Å². The maximum Gasteiger partial charge on any atom is 0.256 e. The summed E-state index contributed by atoms with van der Waals surface area (Å²) >= 11 is 1.84. The lowest BCUT2D eigenvalue weighted by molar-refractivity contribution is -0.633. The lowest BCUT2D eigenvalue weighted by Gasteiger charge is -2.27. The first-order chi connectivity index (χ1) is 12.8. The molecule has 1 aliphatic rings. The van der Waals surface area contributed by atoms with Crippen molar-refractivity contribution in [3.63, 3.8) is 0 Å². The number of rotatable bonds is 1. The predicted molar refractivity (Wildman–Crippen MR) is 118 cm³/mol. The summed E-state index contributed by atoms with van der Waals surface area (Å²) in [6.45, 7) is 11.7. The van der Waals surface area contributed by atoms with Gasteiger partial charge < -0.3 is 4.74 Å². The van der Waals surface area contributed by atoms with E-state index in [-0.39, 0.29) is 0 Å². The van der Waals surface area contributed by atoms with Crippen LogP contribution in [0.3, 0.4) is 0 Å². The molecule has 3 heterocycles. The van der Waals surface area contributed by atoms with Gasteiger partial charge in [0, 0.05) is 16.6 Å². The van der Waals surface area contributed by atoms with E-state index in [9.17, 15) is 0 Å². The van der Waals surface area contributed by atoms with Gasteiger partial charge in [0.05, 0.1) is 13.6 Å². The van der Waals surface area contributed by atoms with Crippen LogP contribution >= 0.6 is 11.3 Å². The fourth-order valence-corrected chi connectivity index (χ4v) is 8.09. The van der Waals surface area contributed by atoms with Gasteiger partial charge in [-0.25, -0.2) is 0 Å². The Morgan fingerprint density at radius 3 is 2.59 bits per heavy atom. The van der Waals surface area contributed by atoms with Crippen LogP contribution in [0, 0.1) is 13.8 Å². The third-order valence-electron chi connectivity index (χ3n) is 5.86. The number of pyridine rings is 1. The molecule has 136 valence electrons. The molecule has 0 N–H and O–H groups in total. The Morgan fingerprint density at radius 1 is 1.07 bits per heavy atom. The van der Waals surface area contributed by atoms with E-state index < -0.39 is 8.07 Å². The maximum absolute atomic E-state index is 6.68. The average Bonchev–Trinajstić information content (AvgIpc) is 3.07. The van der Waals surface area contributed by atoms with Gasteiger partial charge in [-0.3, -0.25) is 0 Å². The lowest BCUT2D eigenvalue weighted by Crippen LogP contribution is -2.44. The number of fused-ring (bicyclic) bond motifs is 3. The van der Waals surface area contributed by atoms with Crippen LogP contribution in [-0.4, -0.2) is 8.07 Å². The van der Waals surface area contributed by atoms with Crippen molar-refractivity contribution in [3.8, 4) is 22.8 Å². The summed E-state index contributed by atoms with van der Waals surface area (Å²) in [4.78, 5) is 0. The Hall–Kier alpha value is -2.17. The number of ether oxygens (including phenoxy) is 1. The number of aryl methyl sites for hydroxylation is 2. The Bertz CT molecular complexity index is 1260. The molecule has 2 nitrogen and oxygen atoms in total. The summed E-state index contributed by atoms with van der Waals surface area (Å²) in [5.74, 6) is 2.08. The molecule has 0 spiro atoms. The van der Waals surface area contributed by atoms with E-state index in [2.05, 4.69) is 80.8 Å². The summed E-state index contributed by atoms with van der Waals surface area (Å²) in [5, 5.41) is 6.17. The monoisotopic (exact) mass is 390 g/mol. The van der Waals surface area contributed by atoms with Gasteiger partial charge in [-0.05, 0) is 41.8 Å². The minimum atomic E-state index is -1.63. The third kappa shape index (κ3) is 2.20. The zero-order valence-electron chi connectivity index (χ0n) is 16.7. The van der Waals surface area contributed by atoms with Gasteiger partial charge in [0.15, 0.2) is 5.75 Å². The second-order valence-corrected chi connectivity index (χ2v) is 14.6. The zero-order chi connectivity index (χ0) is 19.1. The van der Waals surface area contributed by atoms with Crippen LogP contribution in [0.1, 0.15) is 11.1 Å². The van der Waals surface area contributed by atoms with Gasteiger partial charge in [0.25, 0.3) is 5.69 Å². The van der Waals surface area contributed by atoms with Gasteiger partial charge in [-0.2, -0.15) is 4.57 Å². The largest absolute Gasteiger partial charge is 0.450 e. The molecule has 0 atom stereocenters. The Labute approximate surface area is 165 Å². The van der Waals surface area contributed by atoms with Gasteiger partial charge >= 0.3 is 0 Å². The van der Waals surface area contributed by atoms with E-state index in [1.54, 1.807) is 0 Å². The summed E-state index contributed by atoms with van der Waals surface area (Å²) < 4.78 is 10.4. The van der Waals surface area contributed by atoms with Gasteiger partial charge in [0.1, 0.15) is 17.5 Å². The summed E-state index contributed by atoms with van der Waals surface area (Å²) in [6.07, 6.45) is 0.